The predicted octanol–water partition coefficient (Wildman–Crippen LogP) is 2.29. The number of nitrogens with one attached hydrogen (secondary N) is 3. The Morgan fingerprint density at radius 1 is 0.879 bits per heavy atom. The molecule has 0 aromatic heterocycles. The Kier molecular flexibility index (Phi) is 9.59. The normalized spacial score (nSPS) is 14.3. The van der Waals surface area contributed by atoms with E-state index in [1.165, 1.54) is 39.0 Å². The highest BCUT2D eigenvalue weighted by Crippen LogP contribution is 2.33. The summed E-state index contributed by atoms with van der Waals surface area (Å²) in [5, 5.41) is 7.90. The van der Waals surface area contributed by atoms with Crippen LogP contribution in [0, 0.1) is 5.82 Å². The molecular formula is C24H28FN3O4S. The van der Waals surface area contributed by atoms with E-state index in [0.717, 1.165) is 0 Å². The first-order chi connectivity index (χ1) is 15.6. The summed E-state index contributed by atoms with van der Waals surface area (Å²) >= 11 is 4.12. The first-order valence-electron chi connectivity index (χ1n) is 10.4. The zero-order valence-electron chi connectivity index (χ0n) is 18.7. The molecule has 4 atom stereocenters. The summed E-state index contributed by atoms with van der Waals surface area (Å²) in [4.78, 5) is 49.6. The van der Waals surface area contributed by atoms with Gasteiger partial charge in [-0.25, -0.2) is 4.39 Å². The van der Waals surface area contributed by atoms with Gasteiger partial charge in [0.1, 0.15) is 11.9 Å². The number of Topliss-reactive ketones (excluding diaryl/α,β-unsaturated/α-hetero) is 1. The minimum absolute atomic E-state index is 0.0535. The van der Waals surface area contributed by atoms with E-state index in [2.05, 4.69) is 28.6 Å². The molecule has 3 N–H and O–H groups in total. The van der Waals surface area contributed by atoms with Crippen molar-refractivity contribution in [2.24, 2.45) is 0 Å². The molecule has 0 aliphatic heterocycles. The molecule has 0 saturated heterocycles. The molecule has 2 aromatic rings. The molecule has 0 unspecified atom stereocenters. The summed E-state index contributed by atoms with van der Waals surface area (Å²) in [6.45, 7) is 4.11. The maximum absolute atomic E-state index is 14.9. The summed E-state index contributed by atoms with van der Waals surface area (Å²) in [5.74, 6) is -3.66. The van der Waals surface area contributed by atoms with Gasteiger partial charge in [0, 0.05) is 18.2 Å². The average molecular weight is 474 g/mol. The van der Waals surface area contributed by atoms with Crippen LogP contribution >= 0.6 is 12.6 Å². The highest BCUT2D eigenvalue weighted by Gasteiger charge is 2.36. The van der Waals surface area contributed by atoms with Gasteiger partial charge in [0.25, 0.3) is 0 Å². The summed E-state index contributed by atoms with van der Waals surface area (Å²) in [6.07, 6.45) is 0. The zero-order chi connectivity index (χ0) is 24.5. The van der Waals surface area contributed by atoms with Crippen LogP contribution < -0.4 is 16.0 Å². The molecule has 176 valence electrons. The van der Waals surface area contributed by atoms with Crippen LogP contribution in [0.4, 0.5) is 4.39 Å². The number of thiol groups is 1. The third-order valence-corrected chi connectivity index (χ3v) is 5.48. The van der Waals surface area contributed by atoms with Crippen molar-refractivity contribution in [2.45, 2.75) is 44.8 Å². The van der Waals surface area contributed by atoms with Gasteiger partial charge in [-0.2, -0.15) is 12.6 Å². The Hall–Kier alpha value is -3.20. The predicted molar refractivity (Wildman–Crippen MR) is 126 cm³/mol. The standard InChI is InChI=1S/C24H28FN3O4S/c1-14(26-16(3)30)23(31)28-22(17-9-5-4-6-10-17)21(18-11-7-8-12-19(18)25)24(32)27-20(13-33)15(2)29/h4-12,14,20-22,33H,13H2,1-3H3,(H,26,30)(H,27,32)(H,28,31)/t14-,20-,21+,22-/m0/s1. The molecular weight excluding hydrogens is 445 g/mol. The Bertz CT molecular complexity index is 1000. The number of carbonyl (C=O) groups is 4. The minimum atomic E-state index is -1.20. The van der Waals surface area contributed by atoms with Crippen molar-refractivity contribution in [3.05, 3.63) is 71.5 Å². The number of hydrogen-bond acceptors (Lipinski definition) is 5. The van der Waals surface area contributed by atoms with E-state index in [9.17, 15) is 23.6 Å². The van der Waals surface area contributed by atoms with Gasteiger partial charge in [-0.1, -0.05) is 48.5 Å². The molecule has 0 spiro atoms. The number of hydrogen-bond donors (Lipinski definition) is 4. The highest BCUT2D eigenvalue weighted by atomic mass is 32.1. The van der Waals surface area contributed by atoms with Gasteiger partial charge in [0.2, 0.25) is 17.7 Å². The number of rotatable bonds is 10. The van der Waals surface area contributed by atoms with Crippen molar-refractivity contribution < 1.29 is 23.6 Å². The second kappa shape index (κ2) is 12.2. The molecule has 3 amide bonds. The van der Waals surface area contributed by atoms with E-state index >= 15 is 0 Å². The van der Waals surface area contributed by atoms with E-state index in [0.29, 0.717) is 5.56 Å². The van der Waals surface area contributed by atoms with Gasteiger partial charge < -0.3 is 16.0 Å². The number of benzene rings is 2. The second-order valence-electron chi connectivity index (χ2n) is 7.67. The lowest BCUT2D eigenvalue weighted by Gasteiger charge is -2.30. The van der Waals surface area contributed by atoms with Gasteiger partial charge in [-0.3, -0.25) is 19.2 Å². The van der Waals surface area contributed by atoms with Crippen LogP contribution in [0.3, 0.4) is 0 Å². The minimum Gasteiger partial charge on any atom is -0.346 e. The molecule has 0 fully saturated rings. The molecule has 0 heterocycles. The third kappa shape index (κ3) is 7.15. The molecule has 7 nitrogen and oxygen atoms in total. The fourth-order valence-corrected chi connectivity index (χ4v) is 3.75. The molecule has 9 heteroatoms. The van der Waals surface area contributed by atoms with Crippen molar-refractivity contribution in [1.82, 2.24) is 16.0 Å². The van der Waals surface area contributed by atoms with Gasteiger partial charge >= 0.3 is 0 Å². The van der Waals surface area contributed by atoms with Crippen LogP contribution in [0.1, 0.15) is 43.9 Å². The van der Waals surface area contributed by atoms with Crippen LogP contribution in [-0.2, 0) is 19.2 Å². The van der Waals surface area contributed by atoms with Crippen molar-refractivity contribution in [2.75, 3.05) is 5.75 Å². The van der Waals surface area contributed by atoms with E-state index in [4.69, 9.17) is 0 Å². The number of ketones is 1. The SMILES string of the molecule is CC(=O)N[C@@H](C)C(=O)N[C@@H](c1ccccc1)[C@H](C(=O)N[C@@H](CS)C(C)=O)c1ccccc1F. The van der Waals surface area contributed by atoms with Crippen LogP contribution in [0.5, 0.6) is 0 Å². The van der Waals surface area contributed by atoms with Crippen molar-refractivity contribution in [3.8, 4) is 0 Å². The largest absolute Gasteiger partial charge is 0.346 e. The Labute approximate surface area is 197 Å². The topological polar surface area (TPSA) is 104 Å². The molecule has 0 bridgehead atoms. The highest BCUT2D eigenvalue weighted by molar-refractivity contribution is 7.80. The van der Waals surface area contributed by atoms with Crippen molar-refractivity contribution in [1.29, 1.82) is 0 Å². The lowest BCUT2D eigenvalue weighted by Crippen LogP contribution is -2.50. The number of amides is 3. The lowest BCUT2D eigenvalue weighted by molar-refractivity contribution is -0.130. The maximum Gasteiger partial charge on any atom is 0.242 e. The fraction of sp³-hybridized carbons (Fsp3) is 0.333. The molecule has 0 aliphatic rings. The molecule has 0 aliphatic carbocycles. The van der Waals surface area contributed by atoms with Crippen LogP contribution in [0.25, 0.3) is 0 Å². The number of carbonyl (C=O) groups excluding carboxylic acids is 4. The van der Waals surface area contributed by atoms with Crippen molar-refractivity contribution >= 4 is 36.1 Å². The third-order valence-electron chi connectivity index (χ3n) is 5.12. The fourth-order valence-electron chi connectivity index (χ4n) is 3.41. The van der Waals surface area contributed by atoms with Gasteiger partial charge in [0.05, 0.1) is 18.0 Å². The smallest absolute Gasteiger partial charge is 0.242 e. The Morgan fingerprint density at radius 3 is 2.03 bits per heavy atom. The quantitative estimate of drug-likeness (QED) is 0.398. The van der Waals surface area contributed by atoms with Crippen LogP contribution in [0.15, 0.2) is 54.6 Å². The first kappa shape index (κ1) is 26.1. The van der Waals surface area contributed by atoms with E-state index in [1.807, 2.05) is 0 Å². The van der Waals surface area contributed by atoms with E-state index in [-0.39, 0.29) is 17.1 Å². The van der Waals surface area contributed by atoms with E-state index < -0.39 is 47.6 Å². The van der Waals surface area contributed by atoms with Gasteiger partial charge in [-0.15, -0.1) is 0 Å². The molecule has 0 saturated carbocycles. The lowest BCUT2D eigenvalue weighted by atomic mass is 9.85. The summed E-state index contributed by atoms with van der Waals surface area (Å²) in [5.41, 5.74) is 0.604. The second-order valence-corrected chi connectivity index (χ2v) is 8.04. The Morgan fingerprint density at radius 2 is 1.48 bits per heavy atom. The van der Waals surface area contributed by atoms with Crippen molar-refractivity contribution in [3.63, 3.8) is 0 Å². The summed E-state index contributed by atoms with van der Waals surface area (Å²) < 4.78 is 14.9. The van der Waals surface area contributed by atoms with Crippen LogP contribution in [0.2, 0.25) is 0 Å². The molecule has 2 aromatic carbocycles. The maximum atomic E-state index is 14.9. The average Bonchev–Trinajstić information content (AvgIpc) is 2.77. The monoisotopic (exact) mass is 473 g/mol. The van der Waals surface area contributed by atoms with Crippen LogP contribution in [-0.4, -0.2) is 41.3 Å². The first-order valence-corrected chi connectivity index (χ1v) is 11.1. The summed E-state index contributed by atoms with van der Waals surface area (Å²) in [6, 6.07) is 11.7. The van der Waals surface area contributed by atoms with Gasteiger partial charge in [-0.05, 0) is 25.5 Å². The molecule has 33 heavy (non-hydrogen) atoms. The summed E-state index contributed by atoms with van der Waals surface area (Å²) in [7, 11) is 0. The molecule has 2 rings (SSSR count). The Balaban J connectivity index is 2.56. The number of halogens is 1. The van der Waals surface area contributed by atoms with E-state index in [1.54, 1.807) is 36.4 Å². The molecule has 0 radical (unpaired) electrons. The van der Waals surface area contributed by atoms with Gasteiger partial charge in [0.15, 0.2) is 5.78 Å². The zero-order valence-corrected chi connectivity index (χ0v) is 19.6.